The summed E-state index contributed by atoms with van der Waals surface area (Å²) in [6.07, 6.45) is 0. The van der Waals surface area contributed by atoms with Gasteiger partial charge in [-0.3, -0.25) is 4.79 Å². The minimum Gasteiger partial charge on any atom is -0.480 e. The molecule has 2 fully saturated rings. The number of carbonyl (C=O) groups excluding carboxylic acids is 2. The molecule has 1 aromatic heterocycles. The first-order chi connectivity index (χ1) is 18.9. The molecule has 6 rings (SSSR count). The molecule has 0 bridgehead atoms. The summed E-state index contributed by atoms with van der Waals surface area (Å²) in [4.78, 5) is 44.9. The zero-order valence-corrected chi connectivity index (χ0v) is 22.3. The average molecular weight is 569 g/mol. The molecule has 4 heterocycles. The highest BCUT2D eigenvalue weighted by Gasteiger charge is 2.58. The number of urea groups is 1. The Balaban J connectivity index is 1.56. The summed E-state index contributed by atoms with van der Waals surface area (Å²) in [6, 6.07) is 12.9. The Morgan fingerprint density at radius 1 is 0.949 bits per heavy atom. The quantitative estimate of drug-likeness (QED) is 0.446. The van der Waals surface area contributed by atoms with Crippen molar-refractivity contribution in [3.63, 3.8) is 0 Å². The minimum atomic E-state index is -1.31. The number of rotatable bonds is 5. The molecule has 2 saturated heterocycles. The van der Waals surface area contributed by atoms with Crippen LogP contribution in [0.2, 0.25) is 5.02 Å². The van der Waals surface area contributed by atoms with Crippen LogP contribution in [0.1, 0.15) is 32.8 Å². The van der Waals surface area contributed by atoms with Crippen LogP contribution in [0.25, 0.3) is 0 Å². The zero-order chi connectivity index (χ0) is 27.1. The summed E-state index contributed by atoms with van der Waals surface area (Å²) < 4.78 is 16.5. The maximum Gasteiger partial charge on any atom is 0.327 e. The Labute approximate surface area is 233 Å². The Morgan fingerprint density at radius 2 is 1.67 bits per heavy atom. The van der Waals surface area contributed by atoms with E-state index in [1.54, 1.807) is 64.9 Å². The fraction of sp³-hybridized carbons (Fsp3) is 0.321. The molecular formula is C28H25ClN2O7S. The van der Waals surface area contributed by atoms with E-state index in [1.807, 2.05) is 0 Å². The molecule has 3 aromatic rings. The van der Waals surface area contributed by atoms with Crippen LogP contribution < -0.4 is 9.47 Å². The van der Waals surface area contributed by atoms with Crippen molar-refractivity contribution < 1.29 is 33.7 Å². The Morgan fingerprint density at radius 3 is 2.36 bits per heavy atom. The van der Waals surface area contributed by atoms with Crippen LogP contribution in [0, 0.1) is 5.92 Å². The lowest BCUT2D eigenvalue weighted by Gasteiger charge is -2.36. The molecule has 202 valence electrons. The smallest absolute Gasteiger partial charge is 0.327 e. The van der Waals surface area contributed by atoms with Crippen molar-refractivity contribution in [3.05, 3.63) is 81.0 Å². The molecule has 4 unspecified atom stereocenters. The highest BCUT2D eigenvalue weighted by molar-refractivity contribution is 7.12. The van der Waals surface area contributed by atoms with Gasteiger partial charge in [0, 0.05) is 24.0 Å². The second kappa shape index (κ2) is 10.5. The Hall–Kier alpha value is -3.60. The van der Waals surface area contributed by atoms with Gasteiger partial charge in [-0.1, -0.05) is 35.9 Å². The zero-order valence-electron chi connectivity index (χ0n) is 20.7. The van der Waals surface area contributed by atoms with Gasteiger partial charge >= 0.3 is 12.0 Å². The topological polar surface area (TPSA) is 106 Å². The van der Waals surface area contributed by atoms with E-state index in [1.165, 1.54) is 16.2 Å². The van der Waals surface area contributed by atoms with Gasteiger partial charge in [-0.25, -0.2) is 9.59 Å². The third-order valence-corrected chi connectivity index (χ3v) is 8.62. The number of ketones is 1. The first-order valence-corrected chi connectivity index (χ1v) is 13.8. The molecular weight excluding hydrogens is 544 g/mol. The summed E-state index contributed by atoms with van der Waals surface area (Å²) in [6.45, 7) is 1.41. The summed E-state index contributed by atoms with van der Waals surface area (Å²) >= 11 is 7.46. The molecule has 2 aromatic carbocycles. The van der Waals surface area contributed by atoms with Gasteiger partial charge in [-0.05, 0) is 46.8 Å². The second-order valence-corrected chi connectivity index (χ2v) is 11.0. The first kappa shape index (κ1) is 25.7. The standard InChI is InChI=1S/C28H25ClN2O7S/c29-18-6-3-16(4-7-18)22-23(26(32)21-2-1-13-39-21)24(17-5-8-19-20(14-17)38-15-37-19)31(25(22)27(33)34)28(35)30-9-11-36-12-10-30/h1-8,13-14,22-25H,9-12,15H2,(H,33,34). The van der Waals surface area contributed by atoms with Crippen LogP contribution in [-0.2, 0) is 9.53 Å². The van der Waals surface area contributed by atoms with Crippen LogP contribution >= 0.6 is 22.9 Å². The van der Waals surface area contributed by atoms with Crippen LogP contribution in [0.4, 0.5) is 4.79 Å². The molecule has 4 atom stereocenters. The number of amides is 2. The minimum absolute atomic E-state index is 0.0581. The molecule has 3 aliphatic rings. The predicted octanol–water partition coefficient (Wildman–Crippen LogP) is 4.68. The van der Waals surface area contributed by atoms with Gasteiger partial charge < -0.3 is 29.1 Å². The molecule has 0 radical (unpaired) electrons. The maximum atomic E-state index is 14.3. The molecule has 0 spiro atoms. The van der Waals surface area contributed by atoms with Crippen LogP contribution in [0.5, 0.6) is 11.5 Å². The monoisotopic (exact) mass is 568 g/mol. The third-order valence-electron chi connectivity index (χ3n) is 7.48. The van der Waals surface area contributed by atoms with Gasteiger partial charge in [0.05, 0.1) is 30.1 Å². The number of thiophene rings is 1. The number of carbonyl (C=O) groups is 3. The van der Waals surface area contributed by atoms with Crippen LogP contribution in [0.3, 0.4) is 0 Å². The molecule has 1 N–H and O–H groups in total. The second-order valence-electron chi connectivity index (χ2n) is 9.57. The molecule has 2 amide bonds. The van der Waals surface area contributed by atoms with Crippen molar-refractivity contribution >= 4 is 40.7 Å². The van der Waals surface area contributed by atoms with E-state index in [9.17, 15) is 19.5 Å². The van der Waals surface area contributed by atoms with E-state index in [2.05, 4.69) is 0 Å². The van der Waals surface area contributed by atoms with E-state index in [-0.39, 0.29) is 12.6 Å². The van der Waals surface area contributed by atoms with Gasteiger partial charge in [0.25, 0.3) is 0 Å². The molecule has 11 heteroatoms. The van der Waals surface area contributed by atoms with Crippen molar-refractivity contribution in [2.75, 3.05) is 33.1 Å². The van der Waals surface area contributed by atoms with E-state index in [0.717, 1.165) is 0 Å². The number of aliphatic carboxylic acids is 1. The van der Waals surface area contributed by atoms with Gasteiger partial charge in [-0.2, -0.15) is 0 Å². The predicted molar refractivity (Wildman–Crippen MR) is 143 cm³/mol. The van der Waals surface area contributed by atoms with E-state index >= 15 is 0 Å². The number of ether oxygens (including phenoxy) is 3. The summed E-state index contributed by atoms with van der Waals surface area (Å²) in [5.41, 5.74) is 1.21. The number of halogens is 1. The lowest BCUT2D eigenvalue weighted by Crippen LogP contribution is -2.52. The lowest BCUT2D eigenvalue weighted by molar-refractivity contribution is -0.142. The molecule has 39 heavy (non-hydrogen) atoms. The van der Waals surface area contributed by atoms with Crippen LogP contribution in [-0.4, -0.2) is 71.8 Å². The summed E-state index contributed by atoms with van der Waals surface area (Å²) in [5.74, 6) is -2.12. The fourth-order valence-corrected chi connectivity index (χ4v) is 6.61. The lowest BCUT2D eigenvalue weighted by atomic mass is 9.77. The Bertz CT molecular complexity index is 1390. The number of hydrogen-bond acceptors (Lipinski definition) is 7. The van der Waals surface area contributed by atoms with Crippen molar-refractivity contribution in [1.82, 2.24) is 9.80 Å². The van der Waals surface area contributed by atoms with Crippen molar-refractivity contribution in [2.24, 2.45) is 5.92 Å². The number of Topliss-reactive ketones (excluding diaryl/α,β-unsaturated/α-hetero) is 1. The van der Waals surface area contributed by atoms with E-state index in [4.69, 9.17) is 25.8 Å². The SMILES string of the molecule is O=C(c1cccs1)C1C(c2ccc(Cl)cc2)C(C(=O)O)N(C(=O)N2CCOCC2)C1c1ccc2c(c1)OCO2. The van der Waals surface area contributed by atoms with Gasteiger partial charge in [0.1, 0.15) is 6.04 Å². The number of nitrogens with zero attached hydrogens (tertiary/aromatic N) is 2. The number of benzene rings is 2. The van der Waals surface area contributed by atoms with Gasteiger partial charge in [-0.15, -0.1) is 11.3 Å². The molecule has 3 aliphatic heterocycles. The number of fused-ring (bicyclic) bond motifs is 1. The van der Waals surface area contributed by atoms with E-state index in [0.29, 0.717) is 58.8 Å². The number of carboxylic acids is 1. The van der Waals surface area contributed by atoms with E-state index < -0.39 is 35.9 Å². The van der Waals surface area contributed by atoms with Gasteiger partial charge in [0.15, 0.2) is 17.3 Å². The number of morpholine rings is 1. The summed E-state index contributed by atoms with van der Waals surface area (Å²) in [5, 5.41) is 12.9. The highest BCUT2D eigenvalue weighted by atomic mass is 35.5. The average Bonchev–Trinajstić information content (AvgIpc) is 3.71. The van der Waals surface area contributed by atoms with Gasteiger partial charge in [0.2, 0.25) is 6.79 Å². The third kappa shape index (κ3) is 4.62. The summed E-state index contributed by atoms with van der Waals surface area (Å²) in [7, 11) is 0. The first-order valence-electron chi connectivity index (χ1n) is 12.5. The van der Waals surface area contributed by atoms with Crippen molar-refractivity contribution in [2.45, 2.75) is 18.0 Å². The number of hydrogen-bond donors (Lipinski definition) is 1. The maximum absolute atomic E-state index is 14.3. The van der Waals surface area contributed by atoms with Crippen molar-refractivity contribution in [3.8, 4) is 11.5 Å². The molecule has 9 nitrogen and oxygen atoms in total. The molecule has 0 aliphatic carbocycles. The Kier molecular flexibility index (Phi) is 6.92. The molecule has 0 saturated carbocycles. The highest BCUT2D eigenvalue weighted by Crippen LogP contribution is 2.53. The largest absolute Gasteiger partial charge is 0.480 e. The van der Waals surface area contributed by atoms with Crippen molar-refractivity contribution in [1.29, 1.82) is 0 Å². The number of carboxylic acid groups (broad SMARTS) is 1. The fourth-order valence-electron chi connectivity index (χ4n) is 5.77. The normalized spacial score (nSPS) is 24.1. The van der Waals surface area contributed by atoms with Crippen LogP contribution in [0.15, 0.2) is 60.0 Å². The number of likely N-dealkylation sites (tertiary alicyclic amines) is 1.